The van der Waals surface area contributed by atoms with Gasteiger partial charge in [0.1, 0.15) is 6.54 Å². The van der Waals surface area contributed by atoms with Gasteiger partial charge in [0.15, 0.2) is 0 Å². The van der Waals surface area contributed by atoms with Gasteiger partial charge >= 0.3 is 0 Å². The number of aromatic nitrogens is 3. The minimum Gasteiger partial charge on any atom is -0.376 e. The lowest BCUT2D eigenvalue weighted by molar-refractivity contribution is -0.153. The molecule has 6 nitrogen and oxygen atoms in total. The highest BCUT2D eigenvalue weighted by Crippen LogP contribution is 2.34. The number of carbonyl (C=O) groups is 1. The third-order valence-corrected chi connectivity index (χ3v) is 4.27. The number of alkyl halides is 2. The molecule has 2 aromatic rings. The normalized spacial score (nSPS) is 19.8. The van der Waals surface area contributed by atoms with Crippen molar-refractivity contribution in [3.05, 3.63) is 48.5 Å². The fourth-order valence-corrected chi connectivity index (χ4v) is 2.82. The van der Waals surface area contributed by atoms with Crippen LogP contribution in [0.4, 0.5) is 8.78 Å². The number of amides is 1. The van der Waals surface area contributed by atoms with Crippen LogP contribution in [-0.4, -0.2) is 51.2 Å². The van der Waals surface area contributed by atoms with Crippen molar-refractivity contribution in [3.63, 3.8) is 0 Å². The number of rotatable bonds is 6. The predicted molar refractivity (Wildman–Crippen MR) is 85.8 cm³/mol. The van der Waals surface area contributed by atoms with Crippen molar-refractivity contribution in [1.82, 2.24) is 19.7 Å². The quantitative estimate of drug-likeness (QED) is 0.799. The first kappa shape index (κ1) is 17.5. The average molecular weight is 350 g/mol. The molecule has 0 saturated carbocycles. The largest absolute Gasteiger partial charge is 0.376 e. The molecule has 0 bridgehead atoms. The Morgan fingerprint density at radius 2 is 2.24 bits per heavy atom. The van der Waals surface area contributed by atoms with Crippen LogP contribution in [0.2, 0.25) is 0 Å². The van der Waals surface area contributed by atoms with E-state index >= 15 is 0 Å². The van der Waals surface area contributed by atoms with E-state index < -0.39 is 11.8 Å². The van der Waals surface area contributed by atoms with Gasteiger partial charge in [0.25, 0.3) is 5.92 Å². The Morgan fingerprint density at radius 1 is 1.36 bits per heavy atom. The summed E-state index contributed by atoms with van der Waals surface area (Å²) >= 11 is 0. The van der Waals surface area contributed by atoms with Gasteiger partial charge in [-0.15, -0.1) is 0 Å². The molecule has 1 fully saturated rings. The summed E-state index contributed by atoms with van der Waals surface area (Å²) in [7, 11) is 0. The molecule has 0 spiro atoms. The standard InChI is InChI=1S/C17H20F2N4O2/c18-17(19)4-8-22(16(24)11-23-7-2-6-21-23)10-15(17)13-25-12-14-3-1-5-20-9-14/h1-3,5-7,9,15H,4,8,10-13H2. The van der Waals surface area contributed by atoms with Crippen molar-refractivity contribution in [2.45, 2.75) is 25.5 Å². The lowest BCUT2D eigenvalue weighted by Crippen LogP contribution is -2.51. The zero-order valence-electron chi connectivity index (χ0n) is 13.7. The first-order chi connectivity index (χ1) is 12.0. The van der Waals surface area contributed by atoms with Gasteiger partial charge in [-0.2, -0.15) is 5.10 Å². The van der Waals surface area contributed by atoms with Gasteiger partial charge < -0.3 is 9.64 Å². The van der Waals surface area contributed by atoms with Crippen molar-refractivity contribution in [2.24, 2.45) is 5.92 Å². The van der Waals surface area contributed by atoms with Crippen LogP contribution in [0.15, 0.2) is 43.0 Å². The molecule has 1 aliphatic heterocycles. The number of hydrogen-bond acceptors (Lipinski definition) is 4. The monoisotopic (exact) mass is 350 g/mol. The highest BCUT2D eigenvalue weighted by molar-refractivity contribution is 5.76. The van der Waals surface area contributed by atoms with Crippen molar-refractivity contribution in [1.29, 1.82) is 0 Å². The second-order valence-corrected chi connectivity index (χ2v) is 6.13. The van der Waals surface area contributed by atoms with Crippen LogP contribution in [0.1, 0.15) is 12.0 Å². The minimum absolute atomic E-state index is 0.0137. The van der Waals surface area contributed by atoms with Gasteiger partial charge in [-0.1, -0.05) is 6.07 Å². The fraction of sp³-hybridized carbons (Fsp3) is 0.471. The van der Waals surface area contributed by atoms with Crippen molar-refractivity contribution in [3.8, 4) is 0 Å². The maximum atomic E-state index is 14.2. The smallest absolute Gasteiger partial charge is 0.256 e. The van der Waals surface area contributed by atoms with E-state index in [1.54, 1.807) is 36.9 Å². The molecule has 25 heavy (non-hydrogen) atoms. The van der Waals surface area contributed by atoms with Crippen LogP contribution in [0.25, 0.3) is 0 Å². The van der Waals surface area contributed by atoms with Crippen LogP contribution in [0.5, 0.6) is 0 Å². The van der Waals surface area contributed by atoms with Crippen LogP contribution in [-0.2, 0) is 22.7 Å². The molecule has 0 aliphatic carbocycles. The van der Waals surface area contributed by atoms with Gasteiger partial charge in [0.05, 0.1) is 19.1 Å². The number of pyridine rings is 1. The molecule has 2 aromatic heterocycles. The van der Waals surface area contributed by atoms with E-state index in [9.17, 15) is 13.6 Å². The summed E-state index contributed by atoms with van der Waals surface area (Å²) in [6, 6.07) is 5.31. The maximum absolute atomic E-state index is 14.2. The van der Waals surface area contributed by atoms with E-state index in [2.05, 4.69) is 10.1 Å². The van der Waals surface area contributed by atoms with Crippen LogP contribution >= 0.6 is 0 Å². The highest BCUT2D eigenvalue weighted by atomic mass is 19.3. The van der Waals surface area contributed by atoms with Gasteiger partial charge in [0.2, 0.25) is 5.91 Å². The number of ether oxygens (including phenoxy) is 1. The molecule has 1 amide bonds. The topological polar surface area (TPSA) is 60.2 Å². The number of nitrogens with zero attached hydrogens (tertiary/aromatic N) is 4. The molecule has 1 saturated heterocycles. The minimum atomic E-state index is -2.84. The molecular weight excluding hydrogens is 330 g/mol. The Bertz CT molecular complexity index is 679. The average Bonchev–Trinajstić information content (AvgIpc) is 3.10. The number of piperidine rings is 1. The molecule has 3 heterocycles. The number of halogens is 2. The second kappa shape index (κ2) is 7.69. The first-order valence-corrected chi connectivity index (χ1v) is 8.14. The Hall–Kier alpha value is -2.35. The lowest BCUT2D eigenvalue weighted by atomic mass is 9.94. The lowest BCUT2D eigenvalue weighted by Gasteiger charge is -2.38. The second-order valence-electron chi connectivity index (χ2n) is 6.13. The third-order valence-electron chi connectivity index (χ3n) is 4.27. The summed E-state index contributed by atoms with van der Waals surface area (Å²) in [5, 5.41) is 3.97. The number of hydrogen-bond donors (Lipinski definition) is 0. The van der Waals surface area contributed by atoms with E-state index in [4.69, 9.17) is 4.74 Å². The van der Waals surface area contributed by atoms with Gasteiger partial charge in [-0.3, -0.25) is 14.5 Å². The van der Waals surface area contributed by atoms with Crippen molar-refractivity contribution >= 4 is 5.91 Å². The third kappa shape index (κ3) is 4.60. The van der Waals surface area contributed by atoms with E-state index in [0.717, 1.165) is 5.56 Å². The summed E-state index contributed by atoms with van der Waals surface area (Å²) in [5.74, 6) is -4.06. The summed E-state index contributed by atoms with van der Waals surface area (Å²) < 4.78 is 35.3. The van der Waals surface area contributed by atoms with Gasteiger partial charge in [-0.25, -0.2) is 8.78 Å². The molecule has 3 rings (SSSR count). The Morgan fingerprint density at radius 3 is 2.96 bits per heavy atom. The molecule has 0 N–H and O–H groups in total. The maximum Gasteiger partial charge on any atom is 0.256 e. The number of carbonyl (C=O) groups excluding carboxylic acids is 1. The molecule has 1 atom stereocenters. The molecule has 8 heteroatoms. The van der Waals surface area contributed by atoms with Crippen molar-refractivity contribution < 1.29 is 18.3 Å². The summed E-state index contributed by atoms with van der Waals surface area (Å²) in [5.41, 5.74) is 0.827. The molecule has 1 aliphatic rings. The predicted octanol–water partition coefficient (Wildman–Crippen LogP) is 1.98. The van der Waals surface area contributed by atoms with Crippen molar-refractivity contribution in [2.75, 3.05) is 19.7 Å². The molecule has 1 unspecified atom stereocenters. The van der Waals surface area contributed by atoms with Crippen LogP contribution in [0, 0.1) is 5.92 Å². The zero-order chi connectivity index (χ0) is 17.7. The molecule has 0 radical (unpaired) electrons. The summed E-state index contributed by atoms with van der Waals surface area (Å²) in [4.78, 5) is 17.7. The highest BCUT2D eigenvalue weighted by Gasteiger charge is 2.45. The van der Waals surface area contributed by atoms with E-state index in [0.29, 0.717) is 0 Å². The summed E-state index contributed by atoms with van der Waals surface area (Å²) in [6.07, 6.45) is 6.18. The Balaban J connectivity index is 1.54. The molecule has 0 aromatic carbocycles. The Kier molecular flexibility index (Phi) is 5.37. The molecular formula is C17H20F2N4O2. The Labute approximate surface area is 144 Å². The van der Waals surface area contributed by atoms with E-state index in [1.165, 1.54) is 9.58 Å². The van der Waals surface area contributed by atoms with Gasteiger partial charge in [0, 0.05) is 44.3 Å². The van der Waals surface area contributed by atoms with Crippen LogP contribution in [0.3, 0.4) is 0 Å². The SMILES string of the molecule is O=C(Cn1cccn1)N1CCC(F)(F)C(COCc2cccnc2)C1. The molecule has 134 valence electrons. The van der Waals surface area contributed by atoms with E-state index in [-0.39, 0.29) is 45.2 Å². The zero-order valence-corrected chi connectivity index (χ0v) is 13.7. The van der Waals surface area contributed by atoms with Gasteiger partial charge in [-0.05, 0) is 17.7 Å². The van der Waals surface area contributed by atoms with Crippen LogP contribution < -0.4 is 0 Å². The number of likely N-dealkylation sites (tertiary alicyclic amines) is 1. The fourth-order valence-electron chi connectivity index (χ4n) is 2.82. The summed E-state index contributed by atoms with van der Waals surface area (Å²) in [6.45, 7) is 0.212. The first-order valence-electron chi connectivity index (χ1n) is 8.14. The van der Waals surface area contributed by atoms with E-state index in [1.807, 2.05) is 6.07 Å².